The van der Waals surface area contributed by atoms with Crippen LogP contribution in [0, 0.1) is 12.8 Å². The SMILES string of the molecule is C/C(=N\N(CC(=O)NCc1cccc(C(F)(F)F)c1C)C(=O)CC1CC1)c1ccc(Cl)cc1. The summed E-state index contributed by atoms with van der Waals surface area (Å²) < 4.78 is 39.4. The third kappa shape index (κ3) is 7.05. The van der Waals surface area contributed by atoms with Crippen LogP contribution in [0.3, 0.4) is 0 Å². The minimum absolute atomic E-state index is 0.0589. The van der Waals surface area contributed by atoms with Crippen LogP contribution in [0.5, 0.6) is 0 Å². The number of rotatable bonds is 8. The van der Waals surface area contributed by atoms with Crippen molar-refractivity contribution in [1.82, 2.24) is 10.3 Å². The summed E-state index contributed by atoms with van der Waals surface area (Å²) in [5.74, 6) is -0.471. The standard InChI is InChI=1S/C24H25ClF3N3O2/c1-15-19(4-3-5-21(15)24(26,27)28)13-29-22(32)14-31(23(33)12-17-6-7-17)30-16(2)18-8-10-20(25)11-9-18/h3-5,8-11,17H,6-7,12-14H2,1-2H3,(H,29,32)/b30-16+. The minimum Gasteiger partial charge on any atom is -0.350 e. The van der Waals surface area contributed by atoms with Crippen molar-refractivity contribution in [2.75, 3.05) is 6.54 Å². The highest BCUT2D eigenvalue weighted by Crippen LogP contribution is 2.33. The van der Waals surface area contributed by atoms with E-state index in [-0.39, 0.29) is 24.6 Å². The number of hydrazone groups is 1. The smallest absolute Gasteiger partial charge is 0.350 e. The molecule has 33 heavy (non-hydrogen) atoms. The van der Waals surface area contributed by atoms with Gasteiger partial charge in [-0.15, -0.1) is 0 Å². The van der Waals surface area contributed by atoms with E-state index >= 15 is 0 Å². The molecule has 5 nitrogen and oxygen atoms in total. The fourth-order valence-electron chi connectivity index (χ4n) is 3.35. The molecule has 0 radical (unpaired) electrons. The molecule has 0 spiro atoms. The first kappa shape index (κ1) is 24.8. The Hall–Kier alpha value is -2.87. The largest absolute Gasteiger partial charge is 0.416 e. The van der Waals surface area contributed by atoms with Gasteiger partial charge in [0.15, 0.2) is 0 Å². The predicted octanol–water partition coefficient (Wildman–Crippen LogP) is 5.34. The monoisotopic (exact) mass is 479 g/mol. The average Bonchev–Trinajstić information content (AvgIpc) is 3.56. The molecule has 1 fully saturated rings. The van der Waals surface area contributed by atoms with E-state index in [1.165, 1.54) is 19.1 Å². The number of nitrogens with zero attached hydrogens (tertiary/aromatic N) is 2. The molecular formula is C24H25ClF3N3O2. The molecule has 0 atom stereocenters. The molecule has 0 bridgehead atoms. The Morgan fingerprint density at radius 2 is 1.82 bits per heavy atom. The van der Waals surface area contributed by atoms with E-state index in [1.54, 1.807) is 31.2 Å². The van der Waals surface area contributed by atoms with Crippen LogP contribution < -0.4 is 5.32 Å². The lowest BCUT2D eigenvalue weighted by Gasteiger charge is -2.19. The van der Waals surface area contributed by atoms with Crippen LogP contribution in [0.4, 0.5) is 13.2 Å². The van der Waals surface area contributed by atoms with Crippen molar-refractivity contribution in [2.24, 2.45) is 11.0 Å². The highest BCUT2D eigenvalue weighted by Gasteiger charge is 2.33. The molecule has 0 saturated heterocycles. The Morgan fingerprint density at radius 1 is 1.15 bits per heavy atom. The highest BCUT2D eigenvalue weighted by atomic mass is 35.5. The molecule has 9 heteroatoms. The summed E-state index contributed by atoms with van der Waals surface area (Å²) in [6.45, 7) is 2.69. The number of carbonyl (C=O) groups excluding carboxylic acids is 2. The van der Waals surface area contributed by atoms with Crippen molar-refractivity contribution in [3.63, 3.8) is 0 Å². The summed E-state index contributed by atoms with van der Waals surface area (Å²) in [6, 6.07) is 10.8. The van der Waals surface area contributed by atoms with Crippen LogP contribution in [0.1, 0.15) is 48.4 Å². The lowest BCUT2D eigenvalue weighted by Crippen LogP contribution is -2.38. The first-order valence-electron chi connectivity index (χ1n) is 10.6. The van der Waals surface area contributed by atoms with Gasteiger partial charge in [0.25, 0.3) is 0 Å². The van der Waals surface area contributed by atoms with Crippen LogP contribution in [0.2, 0.25) is 5.02 Å². The number of hydrogen-bond donors (Lipinski definition) is 1. The lowest BCUT2D eigenvalue weighted by atomic mass is 10.0. The van der Waals surface area contributed by atoms with Crippen LogP contribution in [0.25, 0.3) is 0 Å². The molecule has 2 amide bonds. The number of benzene rings is 2. The van der Waals surface area contributed by atoms with Gasteiger partial charge in [0.2, 0.25) is 11.8 Å². The second kappa shape index (κ2) is 10.4. The quantitative estimate of drug-likeness (QED) is 0.410. The number of nitrogens with one attached hydrogen (secondary N) is 1. The number of carbonyl (C=O) groups is 2. The fourth-order valence-corrected chi connectivity index (χ4v) is 3.48. The van der Waals surface area contributed by atoms with Gasteiger partial charge < -0.3 is 5.32 Å². The van der Waals surface area contributed by atoms with E-state index < -0.39 is 17.6 Å². The van der Waals surface area contributed by atoms with E-state index in [0.29, 0.717) is 28.6 Å². The number of hydrogen-bond acceptors (Lipinski definition) is 3. The number of halogens is 4. The Kier molecular flexibility index (Phi) is 7.79. The molecule has 0 aliphatic heterocycles. The molecule has 2 aromatic carbocycles. The van der Waals surface area contributed by atoms with E-state index in [2.05, 4.69) is 10.4 Å². The molecule has 1 N–H and O–H groups in total. The molecular weight excluding hydrogens is 455 g/mol. The predicted molar refractivity (Wildman–Crippen MR) is 121 cm³/mol. The average molecular weight is 480 g/mol. The summed E-state index contributed by atoms with van der Waals surface area (Å²) >= 11 is 5.92. The maximum atomic E-state index is 13.1. The maximum Gasteiger partial charge on any atom is 0.416 e. The first-order valence-corrected chi connectivity index (χ1v) is 11.0. The van der Waals surface area contributed by atoms with Gasteiger partial charge in [-0.05, 0) is 67.5 Å². The van der Waals surface area contributed by atoms with Gasteiger partial charge >= 0.3 is 6.18 Å². The van der Waals surface area contributed by atoms with Gasteiger partial charge in [-0.2, -0.15) is 18.3 Å². The summed E-state index contributed by atoms with van der Waals surface area (Å²) in [4.78, 5) is 25.3. The zero-order valence-electron chi connectivity index (χ0n) is 18.4. The van der Waals surface area contributed by atoms with Gasteiger partial charge in [0, 0.05) is 18.0 Å². The molecule has 176 valence electrons. The van der Waals surface area contributed by atoms with Gasteiger partial charge in [-0.3, -0.25) is 9.59 Å². The Labute approximate surface area is 195 Å². The molecule has 1 aliphatic carbocycles. The zero-order chi connectivity index (χ0) is 24.2. The van der Waals surface area contributed by atoms with Crippen LogP contribution in [0.15, 0.2) is 47.6 Å². The fraction of sp³-hybridized carbons (Fsp3) is 0.375. The van der Waals surface area contributed by atoms with Crippen molar-refractivity contribution in [2.45, 2.75) is 45.8 Å². The van der Waals surface area contributed by atoms with E-state index in [0.717, 1.165) is 29.5 Å². The van der Waals surface area contributed by atoms with Crippen molar-refractivity contribution in [3.8, 4) is 0 Å². The summed E-state index contributed by atoms with van der Waals surface area (Å²) in [5, 5.41) is 8.67. The third-order valence-corrected chi connectivity index (χ3v) is 5.75. The third-order valence-electron chi connectivity index (χ3n) is 5.50. The molecule has 0 unspecified atom stereocenters. The zero-order valence-corrected chi connectivity index (χ0v) is 19.1. The van der Waals surface area contributed by atoms with Crippen LogP contribution in [-0.4, -0.2) is 29.1 Å². The maximum absolute atomic E-state index is 13.1. The molecule has 3 rings (SSSR count). The normalized spacial score (nSPS) is 14.2. The van der Waals surface area contributed by atoms with E-state index in [1.807, 2.05) is 0 Å². The highest BCUT2D eigenvalue weighted by molar-refractivity contribution is 6.30. The van der Waals surface area contributed by atoms with Crippen molar-refractivity contribution < 1.29 is 22.8 Å². The van der Waals surface area contributed by atoms with Crippen LogP contribution in [-0.2, 0) is 22.3 Å². The minimum atomic E-state index is -4.47. The Morgan fingerprint density at radius 3 is 2.42 bits per heavy atom. The molecule has 0 heterocycles. The van der Waals surface area contributed by atoms with E-state index in [4.69, 9.17) is 11.6 Å². The van der Waals surface area contributed by atoms with Crippen LogP contribution >= 0.6 is 11.6 Å². The van der Waals surface area contributed by atoms with Gasteiger partial charge in [0.1, 0.15) is 6.54 Å². The van der Waals surface area contributed by atoms with Crippen molar-refractivity contribution >= 4 is 29.1 Å². The lowest BCUT2D eigenvalue weighted by molar-refractivity contribution is -0.138. The van der Waals surface area contributed by atoms with Gasteiger partial charge in [-0.25, -0.2) is 5.01 Å². The van der Waals surface area contributed by atoms with Crippen molar-refractivity contribution in [1.29, 1.82) is 0 Å². The van der Waals surface area contributed by atoms with Gasteiger partial charge in [-0.1, -0.05) is 35.9 Å². The summed E-state index contributed by atoms with van der Waals surface area (Å²) in [7, 11) is 0. The molecule has 2 aromatic rings. The van der Waals surface area contributed by atoms with Gasteiger partial charge in [0.05, 0.1) is 11.3 Å². The number of amides is 2. The Balaban J connectivity index is 1.70. The first-order chi connectivity index (χ1) is 15.5. The summed E-state index contributed by atoms with van der Waals surface area (Å²) in [5.41, 5.74) is 0.970. The number of alkyl halides is 3. The summed E-state index contributed by atoms with van der Waals surface area (Å²) in [6.07, 6.45) is -2.22. The molecule has 0 aromatic heterocycles. The Bertz CT molecular complexity index is 1050. The van der Waals surface area contributed by atoms with Crippen molar-refractivity contribution in [3.05, 3.63) is 69.7 Å². The van der Waals surface area contributed by atoms with E-state index in [9.17, 15) is 22.8 Å². The molecule has 1 saturated carbocycles. The second-order valence-corrected chi connectivity index (χ2v) is 8.59. The topological polar surface area (TPSA) is 61.8 Å². The second-order valence-electron chi connectivity index (χ2n) is 8.16. The molecule has 1 aliphatic rings.